The van der Waals surface area contributed by atoms with Crippen LogP contribution in [-0.2, 0) is 11.3 Å². The second-order valence-electron chi connectivity index (χ2n) is 9.38. The van der Waals surface area contributed by atoms with Crippen molar-refractivity contribution in [2.75, 3.05) is 31.1 Å². The Kier molecular flexibility index (Phi) is 6.51. The Hall–Kier alpha value is -2.64. The van der Waals surface area contributed by atoms with Gasteiger partial charge in [0.1, 0.15) is 5.82 Å². The van der Waals surface area contributed by atoms with Crippen LogP contribution in [0.5, 0.6) is 0 Å². The van der Waals surface area contributed by atoms with Gasteiger partial charge in [-0.25, -0.2) is 14.4 Å². The number of piperidine rings is 2. The third kappa shape index (κ3) is 4.99. The number of aryl methyl sites for hydroxylation is 2. The van der Waals surface area contributed by atoms with E-state index in [0.717, 1.165) is 68.0 Å². The maximum absolute atomic E-state index is 14.1. The van der Waals surface area contributed by atoms with Crippen molar-refractivity contribution in [3.05, 3.63) is 59.3 Å². The Morgan fingerprint density at radius 1 is 1.09 bits per heavy atom. The summed E-state index contributed by atoms with van der Waals surface area (Å²) in [6.45, 7) is 8.36. The van der Waals surface area contributed by atoms with E-state index in [0.29, 0.717) is 23.7 Å². The van der Waals surface area contributed by atoms with Gasteiger partial charge in [0.25, 0.3) is 0 Å². The Morgan fingerprint density at radius 2 is 1.94 bits per heavy atom. The van der Waals surface area contributed by atoms with Crippen molar-refractivity contribution < 1.29 is 9.13 Å². The van der Waals surface area contributed by atoms with Gasteiger partial charge in [-0.05, 0) is 69.3 Å². The van der Waals surface area contributed by atoms with Gasteiger partial charge in [-0.2, -0.15) is 0 Å². The zero-order valence-corrected chi connectivity index (χ0v) is 19.5. The Balaban J connectivity index is 1.19. The molecule has 0 bridgehead atoms. The van der Waals surface area contributed by atoms with Gasteiger partial charge < -0.3 is 9.64 Å². The van der Waals surface area contributed by atoms with Crippen LogP contribution >= 0.6 is 0 Å². The predicted octanol–water partition coefficient (Wildman–Crippen LogP) is 4.43. The molecule has 33 heavy (non-hydrogen) atoms. The van der Waals surface area contributed by atoms with Crippen LogP contribution in [0.1, 0.15) is 42.5 Å². The number of likely N-dealkylation sites (tertiary alicyclic amines) is 1. The number of pyridine rings is 1. The molecule has 0 spiro atoms. The summed E-state index contributed by atoms with van der Waals surface area (Å²) in [5, 5.41) is 0.929. The van der Waals surface area contributed by atoms with Crippen molar-refractivity contribution in [2.24, 2.45) is 0 Å². The average Bonchev–Trinajstić information content (AvgIpc) is 2.85. The first kappa shape index (κ1) is 22.2. The minimum atomic E-state index is -0.212. The van der Waals surface area contributed by atoms with Crippen LogP contribution in [-0.4, -0.2) is 58.2 Å². The molecule has 2 aliphatic rings. The number of rotatable bonds is 5. The van der Waals surface area contributed by atoms with Crippen LogP contribution < -0.4 is 4.90 Å². The van der Waals surface area contributed by atoms with Gasteiger partial charge in [0.2, 0.25) is 5.95 Å². The topological polar surface area (TPSA) is 54.4 Å². The first-order valence-electron chi connectivity index (χ1n) is 12.0. The third-order valence-corrected chi connectivity index (χ3v) is 7.04. The standard InChI is InChI=1S/C26H32FN5O/c1-18-13-23-19(2)29-26(30-25(23)14-24(18)27)31-11-7-21(8-12-31)32-10-4-6-22(16-32)33-17-20-5-3-9-28-15-20/h3,5,9,13-15,21-22H,4,6-8,10-12,16-17H2,1-2H3. The lowest BCUT2D eigenvalue weighted by Gasteiger charge is -2.42. The van der Waals surface area contributed by atoms with Gasteiger partial charge in [-0.1, -0.05) is 6.07 Å². The van der Waals surface area contributed by atoms with Crippen molar-refractivity contribution in [3.8, 4) is 0 Å². The molecule has 0 saturated carbocycles. The molecule has 2 saturated heterocycles. The summed E-state index contributed by atoms with van der Waals surface area (Å²) >= 11 is 0. The van der Waals surface area contributed by atoms with Crippen molar-refractivity contribution in [3.63, 3.8) is 0 Å². The Labute approximate surface area is 194 Å². The minimum Gasteiger partial charge on any atom is -0.372 e. The summed E-state index contributed by atoms with van der Waals surface area (Å²) in [5.74, 6) is 0.508. The van der Waals surface area contributed by atoms with Crippen molar-refractivity contribution in [2.45, 2.75) is 58.3 Å². The quantitative estimate of drug-likeness (QED) is 0.574. The molecule has 0 radical (unpaired) electrons. The normalized spacial score (nSPS) is 20.5. The van der Waals surface area contributed by atoms with Gasteiger partial charge in [0.15, 0.2) is 0 Å². The number of halogens is 1. The van der Waals surface area contributed by atoms with E-state index in [1.54, 1.807) is 13.1 Å². The van der Waals surface area contributed by atoms with Crippen LogP contribution in [0.4, 0.5) is 10.3 Å². The predicted molar refractivity (Wildman–Crippen MR) is 128 cm³/mol. The number of fused-ring (bicyclic) bond motifs is 1. The van der Waals surface area contributed by atoms with E-state index in [1.165, 1.54) is 12.5 Å². The zero-order valence-electron chi connectivity index (χ0n) is 19.5. The molecule has 174 valence electrons. The maximum Gasteiger partial charge on any atom is 0.226 e. The SMILES string of the molecule is Cc1cc2c(C)nc(N3CCC(N4CCCC(OCc5cccnc5)C4)CC3)nc2cc1F. The largest absolute Gasteiger partial charge is 0.372 e. The highest BCUT2D eigenvalue weighted by Crippen LogP contribution is 2.27. The number of benzene rings is 1. The van der Waals surface area contributed by atoms with Gasteiger partial charge in [-0.15, -0.1) is 0 Å². The van der Waals surface area contributed by atoms with E-state index in [2.05, 4.69) is 20.9 Å². The summed E-state index contributed by atoms with van der Waals surface area (Å²) in [7, 11) is 0. The number of anilines is 1. The fraction of sp³-hybridized carbons (Fsp3) is 0.500. The second-order valence-corrected chi connectivity index (χ2v) is 9.38. The molecule has 1 unspecified atom stereocenters. The lowest BCUT2D eigenvalue weighted by Crippen LogP contribution is -2.50. The molecule has 2 fully saturated rings. The molecule has 0 aliphatic carbocycles. The summed E-state index contributed by atoms with van der Waals surface area (Å²) in [5.41, 5.74) is 3.35. The van der Waals surface area contributed by atoms with Crippen LogP contribution in [0, 0.1) is 19.7 Å². The summed E-state index contributed by atoms with van der Waals surface area (Å²) in [6.07, 6.45) is 8.41. The highest BCUT2D eigenvalue weighted by Gasteiger charge is 2.30. The molecule has 0 N–H and O–H groups in total. The lowest BCUT2D eigenvalue weighted by atomic mass is 9.99. The highest BCUT2D eigenvalue weighted by molar-refractivity contribution is 5.82. The van der Waals surface area contributed by atoms with Crippen LogP contribution in [0.3, 0.4) is 0 Å². The van der Waals surface area contributed by atoms with Crippen LogP contribution in [0.2, 0.25) is 0 Å². The molecule has 2 aliphatic heterocycles. The number of hydrogen-bond acceptors (Lipinski definition) is 6. The minimum absolute atomic E-state index is 0.212. The molecular weight excluding hydrogens is 417 g/mol. The van der Waals surface area contributed by atoms with E-state index in [-0.39, 0.29) is 11.9 Å². The molecule has 3 aromatic rings. The van der Waals surface area contributed by atoms with E-state index in [1.807, 2.05) is 25.3 Å². The Bertz CT molecular complexity index is 1100. The number of ether oxygens (including phenoxy) is 1. The fourth-order valence-corrected chi connectivity index (χ4v) is 5.10. The third-order valence-electron chi connectivity index (χ3n) is 7.04. The van der Waals surface area contributed by atoms with Crippen molar-refractivity contribution >= 4 is 16.9 Å². The van der Waals surface area contributed by atoms with E-state index >= 15 is 0 Å². The van der Waals surface area contributed by atoms with Gasteiger partial charge in [0, 0.05) is 49.5 Å². The summed E-state index contributed by atoms with van der Waals surface area (Å²) in [4.78, 5) is 18.5. The molecular formula is C26H32FN5O. The summed E-state index contributed by atoms with van der Waals surface area (Å²) < 4.78 is 20.3. The molecule has 4 heterocycles. The number of hydrogen-bond donors (Lipinski definition) is 0. The monoisotopic (exact) mass is 449 g/mol. The zero-order chi connectivity index (χ0) is 22.8. The van der Waals surface area contributed by atoms with E-state index < -0.39 is 0 Å². The van der Waals surface area contributed by atoms with Crippen LogP contribution in [0.15, 0.2) is 36.7 Å². The van der Waals surface area contributed by atoms with Crippen molar-refractivity contribution in [1.29, 1.82) is 0 Å². The maximum atomic E-state index is 14.1. The summed E-state index contributed by atoms with van der Waals surface area (Å²) in [6, 6.07) is 7.97. The number of nitrogens with zero attached hydrogens (tertiary/aromatic N) is 5. The molecule has 1 aromatic carbocycles. The lowest BCUT2D eigenvalue weighted by molar-refractivity contribution is -0.0242. The highest BCUT2D eigenvalue weighted by atomic mass is 19.1. The molecule has 5 rings (SSSR count). The van der Waals surface area contributed by atoms with Crippen molar-refractivity contribution in [1.82, 2.24) is 19.9 Å². The Morgan fingerprint density at radius 3 is 2.73 bits per heavy atom. The molecule has 0 amide bonds. The molecule has 2 aromatic heterocycles. The van der Waals surface area contributed by atoms with E-state index in [9.17, 15) is 4.39 Å². The smallest absolute Gasteiger partial charge is 0.226 e. The van der Waals surface area contributed by atoms with Gasteiger partial charge >= 0.3 is 0 Å². The molecule has 6 nitrogen and oxygen atoms in total. The second kappa shape index (κ2) is 9.69. The molecule has 7 heteroatoms. The first-order chi connectivity index (χ1) is 16.1. The average molecular weight is 450 g/mol. The van der Waals surface area contributed by atoms with Crippen LogP contribution in [0.25, 0.3) is 10.9 Å². The van der Waals surface area contributed by atoms with Gasteiger partial charge in [0.05, 0.1) is 23.9 Å². The van der Waals surface area contributed by atoms with E-state index in [4.69, 9.17) is 14.7 Å². The first-order valence-corrected chi connectivity index (χ1v) is 12.0. The van der Waals surface area contributed by atoms with Gasteiger partial charge in [-0.3, -0.25) is 9.88 Å². The number of aromatic nitrogens is 3. The molecule has 1 atom stereocenters. The fourth-order valence-electron chi connectivity index (χ4n) is 5.10.